The van der Waals surface area contributed by atoms with Gasteiger partial charge in [-0.2, -0.15) is 0 Å². The zero-order valence-electron chi connectivity index (χ0n) is 13.4. The van der Waals surface area contributed by atoms with E-state index in [2.05, 4.69) is 6.92 Å². The maximum atomic E-state index is 9.47. The van der Waals surface area contributed by atoms with Gasteiger partial charge in [-0.1, -0.05) is 84.0 Å². The maximum absolute atomic E-state index is 9.47. The molecule has 0 aliphatic carbocycles. The first-order chi connectivity index (χ1) is 9.72. The molecular weight excluding hydrogens is 252 g/mol. The SMILES string of the molecule is CCCCCCCCCCCCCC[C@@H](O)[C@@H](O)CO. The van der Waals surface area contributed by atoms with Crippen LogP contribution in [-0.2, 0) is 0 Å². The van der Waals surface area contributed by atoms with E-state index in [9.17, 15) is 10.2 Å². The number of aliphatic hydroxyl groups is 3. The van der Waals surface area contributed by atoms with Gasteiger partial charge in [-0.15, -0.1) is 0 Å². The van der Waals surface area contributed by atoms with Crippen molar-refractivity contribution >= 4 is 0 Å². The van der Waals surface area contributed by atoms with Crippen LogP contribution in [0.1, 0.15) is 90.4 Å². The highest BCUT2D eigenvalue weighted by molar-refractivity contribution is 4.65. The summed E-state index contributed by atoms with van der Waals surface area (Å²) in [6.07, 6.45) is 14.4. The van der Waals surface area contributed by atoms with Gasteiger partial charge < -0.3 is 15.3 Å². The first-order valence-corrected chi connectivity index (χ1v) is 8.69. The number of hydrogen-bond donors (Lipinski definition) is 3. The van der Waals surface area contributed by atoms with Crippen LogP contribution >= 0.6 is 0 Å². The average molecular weight is 288 g/mol. The fourth-order valence-electron chi connectivity index (χ4n) is 2.51. The van der Waals surface area contributed by atoms with Gasteiger partial charge in [0.2, 0.25) is 0 Å². The number of unbranched alkanes of at least 4 members (excludes halogenated alkanes) is 11. The molecule has 122 valence electrons. The second-order valence-electron chi connectivity index (χ2n) is 6.00. The molecule has 0 bridgehead atoms. The molecule has 3 N–H and O–H groups in total. The summed E-state index contributed by atoms with van der Waals surface area (Å²) in [4.78, 5) is 0. The highest BCUT2D eigenvalue weighted by Gasteiger charge is 2.13. The molecule has 0 aliphatic heterocycles. The van der Waals surface area contributed by atoms with Crippen molar-refractivity contribution in [3.63, 3.8) is 0 Å². The molecule has 0 aromatic carbocycles. The first kappa shape index (κ1) is 19.9. The lowest BCUT2D eigenvalue weighted by atomic mass is 10.0. The van der Waals surface area contributed by atoms with E-state index in [0.29, 0.717) is 6.42 Å². The molecular formula is C17H36O3. The van der Waals surface area contributed by atoms with Crippen LogP contribution in [0.25, 0.3) is 0 Å². The Labute approximate surface area is 125 Å². The summed E-state index contributed by atoms with van der Waals surface area (Å²) < 4.78 is 0. The summed E-state index contributed by atoms with van der Waals surface area (Å²) >= 11 is 0. The van der Waals surface area contributed by atoms with Gasteiger partial charge in [-0.05, 0) is 6.42 Å². The summed E-state index contributed by atoms with van der Waals surface area (Å²) in [6.45, 7) is 1.91. The van der Waals surface area contributed by atoms with Gasteiger partial charge in [0.05, 0.1) is 12.7 Å². The molecule has 0 radical (unpaired) electrons. The topological polar surface area (TPSA) is 60.7 Å². The van der Waals surface area contributed by atoms with Crippen LogP contribution in [0.15, 0.2) is 0 Å². The second-order valence-corrected chi connectivity index (χ2v) is 6.00. The van der Waals surface area contributed by atoms with Gasteiger partial charge in [0, 0.05) is 0 Å². The van der Waals surface area contributed by atoms with Crippen LogP contribution in [0.4, 0.5) is 0 Å². The zero-order valence-corrected chi connectivity index (χ0v) is 13.4. The van der Waals surface area contributed by atoms with Gasteiger partial charge in [-0.25, -0.2) is 0 Å². The van der Waals surface area contributed by atoms with E-state index < -0.39 is 12.2 Å². The van der Waals surface area contributed by atoms with Crippen LogP contribution < -0.4 is 0 Å². The van der Waals surface area contributed by atoms with Crippen molar-refractivity contribution in [2.45, 2.75) is 103 Å². The Balaban J connectivity index is 3.10. The lowest BCUT2D eigenvalue weighted by molar-refractivity contribution is -0.0185. The Kier molecular flexibility index (Phi) is 15.2. The fraction of sp³-hybridized carbons (Fsp3) is 1.00. The molecule has 0 spiro atoms. The van der Waals surface area contributed by atoms with Crippen LogP contribution in [0.3, 0.4) is 0 Å². The lowest BCUT2D eigenvalue weighted by Gasteiger charge is -2.14. The molecule has 0 saturated carbocycles. The largest absolute Gasteiger partial charge is 0.394 e. The van der Waals surface area contributed by atoms with E-state index in [1.54, 1.807) is 0 Å². The lowest BCUT2D eigenvalue weighted by Crippen LogP contribution is -2.28. The smallest absolute Gasteiger partial charge is 0.103 e. The maximum Gasteiger partial charge on any atom is 0.103 e. The molecule has 0 amide bonds. The molecule has 0 aromatic rings. The van der Waals surface area contributed by atoms with Gasteiger partial charge in [-0.3, -0.25) is 0 Å². The predicted molar refractivity (Wildman–Crippen MR) is 84.8 cm³/mol. The molecule has 0 unspecified atom stereocenters. The van der Waals surface area contributed by atoms with Gasteiger partial charge >= 0.3 is 0 Å². The molecule has 2 atom stereocenters. The second kappa shape index (κ2) is 15.3. The van der Waals surface area contributed by atoms with Crippen molar-refractivity contribution in [3.8, 4) is 0 Å². The molecule has 0 fully saturated rings. The molecule has 3 nitrogen and oxygen atoms in total. The summed E-state index contributed by atoms with van der Waals surface area (Å²) in [7, 11) is 0. The molecule has 0 saturated heterocycles. The normalized spacial score (nSPS) is 14.4. The van der Waals surface area contributed by atoms with Crippen molar-refractivity contribution in [1.29, 1.82) is 0 Å². The van der Waals surface area contributed by atoms with Crippen LogP contribution in [0, 0.1) is 0 Å². The third kappa shape index (κ3) is 12.9. The third-order valence-corrected chi connectivity index (χ3v) is 3.98. The predicted octanol–water partition coefficient (Wildman–Crippen LogP) is 3.79. The fourth-order valence-corrected chi connectivity index (χ4v) is 2.51. The van der Waals surface area contributed by atoms with Crippen molar-refractivity contribution in [2.24, 2.45) is 0 Å². The molecule has 20 heavy (non-hydrogen) atoms. The van der Waals surface area contributed by atoms with Crippen molar-refractivity contribution in [1.82, 2.24) is 0 Å². The zero-order chi connectivity index (χ0) is 15.1. The van der Waals surface area contributed by atoms with E-state index in [1.807, 2.05) is 0 Å². The van der Waals surface area contributed by atoms with Gasteiger partial charge in [0.1, 0.15) is 6.10 Å². The molecule has 0 rings (SSSR count). The summed E-state index contributed by atoms with van der Waals surface area (Å²) in [6, 6.07) is 0. The molecule has 0 heterocycles. The molecule has 3 heteroatoms. The minimum absolute atomic E-state index is 0.348. The highest BCUT2D eigenvalue weighted by atomic mass is 16.4. The Morgan fingerprint density at radius 1 is 0.600 bits per heavy atom. The minimum atomic E-state index is -0.970. The van der Waals surface area contributed by atoms with Crippen LogP contribution in [0.5, 0.6) is 0 Å². The number of hydrogen-bond acceptors (Lipinski definition) is 3. The van der Waals surface area contributed by atoms with E-state index in [-0.39, 0.29) is 6.61 Å². The Morgan fingerprint density at radius 2 is 1.00 bits per heavy atom. The minimum Gasteiger partial charge on any atom is -0.394 e. The van der Waals surface area contributed by atoms with E-state index >= 15 is 0 Å². The van der Waals surface area contributed by atoms with E-state index in [0.717, 1.165) is 12.8 Å². The van der Waals surface area contributed by atoms with Crippen LogP contribution in [-0.4, -0.2) is 34.1 Å². The van der Waals surface area contributed by atoms with Crippen LogP contribution in [0.2, 0.25) is 0 Å². The van der Waals surface area contributed by atoms with Crippen molar-refractivity contribution in [3.05, 3.63) is 0 Å². The molecule has 0 aliphatic rings. The van der Waals surface area contributed by atoms with E-state index in [4.69, 9.17) is 5.11 Å². The molecule has 0 aromatic heterocycles. The summed E-state index contributed by atoms with van der Waals surface area (Å²) in [5.74, 6) is 0. The standard InChI is InChI=1S/C17H36O3/c1-2-3-4-5-6-7-8-9-10-11-12-13-14-16(19)17(20)15-18/h16-20H,2-15H2,1H3/t16-,17+/m1/s1. The number of rotatable bonds is 15. The highest BCUT2D eigenvalue weighted by Crippen LogP contribution is 2.13. The van der Waals surface area contributed by atoms with E-state index in [1.165, 1.54) is 64.2 Å². The Morgan fingerprint density at radius 3 is 1.40 bits per heavy atom. The third-order valence-electron chi connectivity index (χ3n) is 3.98. The van der Waals surface area contributed by atoms with Gasteiger partial charge in [0.25, 0.3) is 0 Å². The van der Waals surface area contributed by atoms with Gasteiger partial charge in [0.15, 0.2) is 0 Å². The van der Waals surface area contributed by atoms with Crippen molar-refractivity contribution in [2.75, 3.05) is 6.61 Å². The summed E-state index contributed by atoms with van der Waals surface area (Å²) in [5, 5.41) is 27.4. The Hall–Kier alpha value is -0.120. The number of aliphatic hydroxyl groups excluding tert-OH is 3. The first-order valence-electron chi connectivity index (χ1n) is 8.69. The average Bonchev–Trinajstić information content (AvgIpc) is 2.47. The summed E-state index contributed by atoms with van der Waals surface area (Å²) in [5.41, 5.74) is 0. The quantitative estimate of drug-likeness (QED) is 0.402. The monoisotopic (exact) mass is 288 g/mol. The Bertz CT molecular complexity index is 185. The van der Waals surface area contributed by atoms with Crippen molar-refractivity contribution < 1.29 is 15.3 Å².